The van der Waals surface area contributed by atoms with Gasteiger partial charge >= 0.3 is 0 Å². The van der Waals surface area contributed by atoms with Gasteiger partial charge in [-0.2, -0.15) is 0 Å². The van der Waals surface area contributed by atoms with E-state index >= 15 is 0 Å². The van der Waals surface area contributed by atoms with E-state index in [2.05, 4.69) is 18.7 Å². The summed E-state index contributed by atoms with van der Waals surface area (Å²) in [5, 5.41) is 0.0670. The molecule has 0 radical (unpaired) electrons. The number of benzene rings is 1. The Hall–Kier alpha value is -1.02. The molecule has 0 aliphatic carbocycles. The summed E-state index contributed by atoms with van der Waals surface area (Å²) in [5.41, 5.74) is 1.20. The highest BCUT2D eigenvalue weighted by Gasteiger charge is 2.28. The zero-order chi connectivity index (χ0) is 12.1. The average molecular weight is 246 g/mol. The van der Waals surface area contributed by atoms with E-state index in [0.717, 1.165) is 25.0 Å². The van der Waals surface area contributed by atoms with Crippen molar-refractivity contribution in [1.82, 2.24) is 0 Å². The summed E-state index contributed by atoms with van der Waals surface area (Å²) in [4.78, 5) is 12.1. The monoisotopic (exact) mass is 246 g/mol. The molecule has 1 heterocycles. The van der Waals surface area contributed by atoms with Crippen molar-refractivity contribution in [2.75, 3.05) is 5.75 Å². The number of carbonyl (C=O) groups excluding carboxylic acids is 1. The normalized spacial score (nSPS) is 22.8. The Labute approximate surface area is 107 Å². The third kappa shape index (κ3) is 3.01. The summed E-state index contributed by atoms with van der Waals surface area (Å²) in [7, 11) is 0. The molecular formula is C15H18OS. The first kappa shape index (κ1) is 12.4. The van der Waals surface area contributed by atoms with Crippen LogP contribution in [0.25, 0.3) is 0 Å². The minimum absolute atomic E-state index is 0.0670. The van der Waals surface area contributed by atoms with Gasteiger partial charge in [-0.15, -0.1) is 18.3 Å². The van der Waals surface area contributed by atoms with Gasteiger partial charge in [0.1, 0.15) is 5.78 Å². The summed E-state index contributed by atoms with van der Waals surface area (Å²) >= 11 is 1.80. The van der Waals surface area contributed by atoms with Crippen LogP contribution in [-0.2, 0) is 4.79 Å². The molecule has 2 rings (SSSR count). The highest BCUT2D eigenvalue weighted by atomic mass is 32.2. The molecular weight excluding hydrogens is 228 g/mol. The van der Waals surface area contributed by atoms with Crippen molar-refractivity contribution in [3.8, 4) is 0 Å². The fraction of sp³-hybridized carbons (Fsp3) is 0.400. The third-order valence-electron chi connectivity index (χ3n) is 3.20. The minimum atomic E-state index is 0.0670. The van der Waals surface area contributed by atoms with E-state index in [4.69, 9.17) is 0 Å². The topological polar surface area (TPSA) is 17.1 Å². The first-order valence-corrected chi connectivity index (χ1v) is 7.19. The molecule has 1 nitrogen and oxygen atoms in total. The Morgan fingerprint density at radius 2 is 2.06 bits per heavy atom. The van der Waals surface area contributed by atoms with E-state index in [1.807, 2.05) is 24.3 Å². The van der Waals surface area contributed by atoms with Crippen LogP contribution >= 0.6 is 11.8 Å². The molecule has 2 unspecified atom stereocenters. The Morgan fingerprint density at radius 3 is 2.76 bits per heavy atom. The molecule has 1 aliphatic rings. The standard InChI is InChI=1S/C15H18OS/c1-2-13(12-8-4-3-5-9-12)15-14(16)10-6-7-11-17-15/h2-5,8-9,13,15H,1,6-7,10-11H2. The van der Waals surface area contributed by atoms with Crippen LogP contribution in [0.1, 0.15) is 30.7 Å². The lowest BCUT2D eigenvalue weighted by atomic mass is 9.92. The van der Waals surface area contributed by atoms with Gasteiger partial charge in [-0.3, -0.25) is 4.79 Å². The number of hydrogen-bond donors (Lipinski definition) is 0. The second kappa shape index (κ2) is 6.06. The second-order valence-corrected chi connectivity index (χ2v) is 5.64. The number of rotatable bonds is 3. The van der Waals surface area contributed by atoms with Crippen molar-refractivity contribution in [2.45, 2.75) is 30.4 Å². The maximum atomic E-state index is 12.1. The van der Waals surface area contributed by atoms with Gasteiger partial charge < -0.3 is 0 Å². The van der Waals surface area contributed by atoms with E-state index in [0.29, 0.717) is 5.78 Å². The third-order valence-corrected chi connectivity index (χ3v) is 4.64. The largest absolute Gasteiger partial charge is 0.298 e. The fourth-order valence-corrected chi connectivity index (χ4v) is 3.66. The molecule has 17 heavy (non-hydrogen) atoms. The van der Waals surface area contributed by atoms with Crippen molar-refractivity contribution >= 4 is 17.5 Å². The molecule has 1 aliphatic heterocycles. The smallest absolute Gasteiger partial charge is 0.146 e. The molecule has 0 amide bonds. The lowest BCUT2D eigenvalue weighted by molar-refractivity contribution is -0.118. The summed E-state index contributed by atoms with van der Waals surface area (Å²) in [5.74, 6) is 1.64. The number of Topliss-reactive ketones (excluding diaryl/α,β-unsaturated/α-hetero) is 1. The summed E-state index contributed by atoms with van der Waals surface area (Å²) in [6, 6.07) is 10.2. The minimum Gasteiger partial charge on any atom is -0.298 e. The van der Waals surface area contributed by atoms with Crippen molar-refractivity contribution in [1.29, 1.82) is 0 Å². The fourth-order valence-electron chi connectivity index (χ4n) is 2.26. The van der Waals surface area contributed by atoms with Crippen LogP contribution in [0, 0.1) is 0 Å². The summed E-state index contributed by atoms with van der Waals surface area (Å²) in [6.45, 7) is 3.91. The molecule has 0 spiro atoms. The van der Waals surface area contributed by atoms with Crippen LogP contribution in [0.3, 0.4) is 0 Å². The molecule has 0 bridgehead atoms. The molecule has 1 saturated heterocycles. The van der Waals surface area contributed by atoms with Gasteiger partial charge in [-0.1, -0.05) is 36.4 Å². The molecule has 2 heteroatoms. The summed E-state index contributed by atoms with van der Waals surface area (Å²) < 4.78 is 0. The van der Waals surface area contributed by atoms with Gasteiger partial charge in [0.25, 0.3) is 0 Å². The maximum Gasteiger partial charge on any atom is 0.146 e. The number of ketones is 1. The molecule has 90 valence electrons. The number of hydrogen-bond acceptors (Lipinski definition) is 2. The van der Waals surface area contributed by atoms with Crippen LogP contribution in [0.15, 0.2) is 43.0 Å². The number of allylic oxidation sites excluding steroid dienone is 1. The SMILES string of the molecule is C=CC(c1ccccc1)C1SCCCCC1=O. The van der Waals surface area contributed by atoms with Crippen LogP contribution < -0.4 is 0 Å². The summed E-state index contributed by atoms with van der Waals surface area (Å²) in [6.07, 6.45) is 4.86. The highest BCUT2D eigenvalue weighted by molar-refractivity contribution is 8.00. The van der Waals surface area contributed by atoms with Crippen molar-refractivity contribution in [3.63, 3.8) is 0 Å². The molecule has 1 fully saturated rings. The number of thioether (sulfide) groups is 1. The van der Waals surface area contributed by atoms with Gasteiger partial charge in [0.15, 0.2) is 0 Å². The lowest BCUT2D eigenvalue weighted by Gasteiger charge is -2.21. The predicted molar refractivity (Wildman–Crippen MR) is 74.5 cm³/mol. The Balaban J connectivity index is 2.22. The molecule has 1 aromatic carbocycles. The Bertz CT molecular complexity index is 385. The van der Waals surface area contributed by atoms with Crippen LogP contribution in [0.4, 0.5) is 0 Å². The van der Waals surface area contributed by atoms with E-state index in [-0.39, 0.29) is 11.2 Å². The highest BCUT2D eigenvalue weighted by Crippen LogP contribution is 2.34. The van der Waals surface area contributed by atoms with Gasteiger partial charge in [-0.05, 0) is 24.2 Å². The first-order chi connectivity index (χ1) is 8.33. The molecule has 0 aromatic heterocycles. The predicted octanol–water partition coefficient (Wildman–Crippen LogP) is 3.81. The van der Waals surface area contributed by atoms with Crippen molar-refractivity contribution in [2.24, 2.45) is 0 Å². The first-order valence-electron chi connectivity index (χ1n) is 6.15. The zero-order valence-corrected chi connectivity index (χ0v) is 10.8. The number of carbonyl (C=O) groups is 1. The van der Waals surface area contributed by atoms with Gasteiger partial charge in [0, 0.05) is 12.3 Å². The van der Waals surface area contributed by atoms with Crippen molar-refractivity contribution in [3.05, 3.63) is 48.6 Å². The molecule has 0 saturated carbocycles. The van der Waals surface area contributed by atoms with Gasteiger partial charge in [0.2, 0.25) is 0 Å². The van der Waals surface area contributed by atoms with Crippen LogP contribution in [0.5, 0.6) is 0 Å². The van der Waals surface area contributed by atoms with E-state index in [9.17, 15) is 4.79 Å². The van der Waals surface area contributed by atoms with Gasteiger partial charge in [-0.25, -0.2) is 0 Å². The average Bonchev–Trinajstić information content (AvgIpc) is 2.58. The van der Waals surface area contributed by atoms with E-state index < -0.39 is 0 Å². The maximum absolute atomic E-state index is 12.1. The van der Waals surface area contributed by atoms with Crippen LogP contribution in [-0.4, -0.2) is 16.8 Å². The molecule has 2 atom stereocenters. The van der Waals surface area contributed by atoms with Gasteiger partial charge in [0.05, 0.1) is 5.25 Å². The second-order valence-electron chi connectivity index (χ2n) is 4.39. The van der Waals surface area contributed by atoms with E-state index in [1.165, 1.54) is 5.56 Å². The van der Waals surface area contributed by atoms with Crippen LogP contribution in [0.2, 0.25) is 0 Å². The van der Waals surface area contributed by atoms with E-state index in [1.54, 1.807) is 11.8 Å². The lowest BCUT2D eigenvalue weighted by Crippen LogP contribution is -2.23. The quantitative estimate of drug-likeness (QED) is 0.754. The Morgan fingerprint density at radius 1 is 1.29 bits per heavy atom. The molecule has 0 N–H and O–H groups in total. The zero-order valence-electron chi connectivity index (χ0n) is 9.97. The molecule has 1 aromatic rings. The van der Waals surface area contributed by atoms with Crippen molar-refractivity contribution < 1.29 is 4.79 Å². The Kier molecular flexibility index (Phi) is 4.43.